The summed E-state index contributed by atoms with van der Waals surface area (Å²) in [4.78, 5) is 33.3. The highest BCUT2D eigenvalue weighted by molar-refractivity contribution is 5.75. The lowest BCUT2D eigenvalue weighted by atomic mass is 10.3. The number of hydrogen-bond donors (Lipinski definition) is 2. The number of carbonyl (C=O) groups excluding carboxylic acids is 2. The van der Waals surface area contributed by atoms with Gasteiger partial charge in [0.05, 0.1) is 6.42 Å². The first-order valence-electron chi connectivity index (χ1n) is 4.65. The molecule has 0 saturated carbocycles. The van der Waals surface area contributed by atoms with E-state index in [1.54, 1.807) is 0 Å². The first kappa shape index (κ1) is 13.4. The summed E-state index contributed by atoms with van der Waals surface area (Å²) in [5.74, 6) is -1.31. The van der Waals surface area contributed by atoms with Gasteiger partial charge in [0.1, 0.15) is 0 Å². The Morgan fingerprint density at radius 2 is 1.80 bits per heavy atom. The number of amides is 2. The van der Waals surface area contributed by atoms with Gasteiger partial charge in [0.2, 0.25) is 11.8 Å². The zero-order valence-corrected chi connectivity index (χ0v) is 8.95. The van der Waals surface area contributed by atoms with Gasteiger partial charge in [-0.1, -0.05) is 0 Å². The van der Waals surface area contributed by atoms with Gasteiger partial charge in [0, 0.05) is 33.5 Å². The minimum atomic E-state index is -0.944. The molecule has 0 spiro atoms. The number of carboxylic acids is 1. The standard InChI is InChI=1S/C9H16N2O4/c1-7(12)10-4-6-11(8(2)13)5-3-9(14)15/h3-6H2,1-2H3,(H,10,12)(H,14,15). The van der Waals surface area contributed by atoms with Crippen molar-refractivity contribution < 1.29 is 19.5 Å². The molecule has 0 atom stereocenters. The number of nitrogens with one attached hydrogen (secondary N) is 1. The average molecular weight is 216 g/mol. The van der Waals surface area contributed by atoms with Crippen molar-refractivity contribution in [2.24, 2.45) is 0 Å². The van der Waals surface area contributed by atoms with Crippen LogP contribution < -0.4 is 5.32 Å². The maximum Gasteiger partial charge on any atom is 0.305 e. The topological polar surface area (TPSA) is 86.7 Å². The van der Waals surface area contributed by atoms with E-state index in [1.807, 2.05) is 0 Å². The SMILES string of the molecule is CC(=O)NCCN(CCC(=O)O)C(C)=O. The van der Waals surface area contributed by atoms with Crippen LogP contribution in [0.2, 0.25) is 0 Å². The maximum absolute atomic E-state index is 11.1. The summed E-state index contributed by atoms with van der Waals surface area (Å²) >= 11 is 0. The Labute approximate surface area is 88.2 Å². The third kappa shape index (κ3) is 7.48. The second-order valence-electron chi connectivity index (χ2n) is 3.13. The Bertz CT molecular complexity index is 252. The Morgan fingerprint density at radius 3 is 2.20 bits per heavy atom. The molecule has 0 bridgehead atoms. The van der Waals surface area contributed by atoms with Crippen molar-refractivity contribution in [1.82, 2.24) is 10.2 Å². The smallest absolute Gasteiger partial charge is 0.305 e. The van der Waals surface area contributed by atoms with E-state index >= 15 is 0 Å². The van der Waals surface area contributed by atoms with Gasteiger partial charge in [0.15, 0.2) is 0 Å². The number of aliphatic carboxylic acids is 1. The van der Waals surface area contributed by atoms with E-state index in [4.69, 9.17) is 5.11 Å². The van der Waals surface area contributed by atoms with Crippen LogP contribution in [0.15, 0.2) is 0 Å². The fourth-order valence-corrected chi connectivity index (χ4v) is 1.02. The molecular formula is C9H16N2O4. The fraction of sp³-hybridized carbons (Fsp3) is 0.667. The molecule has 0 radical (unpaired) electrons. The van der Waals surface area contributed by atoms with Crippen LogP contribution in [0.3, 0.4) is 0 Å². The fourth-order valence-electron chi connectivity index (χ4n) is 1.02. The summed E-state index contributed by atoms with van der Waals surface area (Å²) in [6, 6.07) is 0. The summed E-state index contributed by atoms with van der Waals surface area (Å²) in [6.45, 7) is 3.60. The Balaban J connectivity index is 3.88. The van der Waals surface area contributed by atoms with Crippen molar-refractivity contribution in [1.29, 1.82) is 0 Å². The van der Waals surface area contributed by atoms with Crippen LogP contribution >= 0.6 is 0 Å². The van der Waals surface area contributed by atoms with Crippen LogP contribution in [0.5, 0.6) is 0 Å². The van der Waals surface area contributed by atoms with Gasteiger partial charge in [-0.25, -0.2) is 0 Å². The number of carbonyl (C=O) groups is 3. The van der Waals surface area contributed by atoms with Crippen molar-refractivity contribution in [3.05, 3.63) is 0 Å². The highest BCUT2D eigenvalue weighted by atomic mass is 16.4. The number of rotatable bonds is 6. The van der Waals surface area contributed by atoms with Crippen molar-refractivity contribution in [3.63, 3.8) is 0 Å². The third-order valence-corrected chi connectivity index (χ3v) is 1.80. The summed E-state index contributed by atoms with van der Waals surface area (Å²) < 4.78 is 0. The van der Waals surface area contributed by atoms with E-state index in [1.165, 1.54) is 18.7 Å². The molecule has 86 valence electrons. The molecule has 0 aliphatic carbocycles. The molecule has 0 fully saturated rings. The molecule has 0 rings (SSSR count). The number of nitrogens with zero attached hydrogens (tertiary/aromatic N) is 1. The lowest BCUT2D eigenvalue weighted by molar-refractivity contribution is -0.138. The molecular weight excluding hydrogens is 200 g/mol. The molecule has 2 amide bonds. The molecule has 0 unspecified atom stereocenters. The van der Waals surface area contributed by atoms with Gasteiger partial charge >= 0.3 is 5.97 Å². The molecule has 0 aromatic rings. The van der Waals surface area contributed by atoms with Gasteiger partial charge in [-0.3, -0.25) is 14.4 Å². The van der Waals surface area contributed by atoms with Gasteiger partial charge < -0.3 is 15.3 Å². The van der Waals surface area contributed by atoms with Crippen LogP contribution in [0.25, 0.3) is 0 Å². The molecule has 0 aliphatic heterocycles. The molecule has 6 nitrogen and oxygen atoms in total. The molecule has 2 N–H and O–H groups in total. The van der Waals surface area contributed by atoms with Crippen molar-refractivity contribution in [3.8, 4) is 0 Å². The monoisotopic (exact) mass is 216 g/mol. The van der Waals surface area contributed by atoms with Crippen molar-refractivity contribution in [2.75, 3.05) is 19.6 Å². The second kappa shape index (κ2) is 6.80. The summed E-state index contributed by atoms with van der Waals surface area (Å²) in [6.07, 6.45) is -0.0837. The zero-order valence-electron chi connectivity index (χ0n) is 8.95. The largest absolute Gasteiger partial charge is 0.481 e. The molecule has 0 aromatic carbocycles. The van der Waals surface area contributed by atoms with Gasteiger partial charge in [-0.15, -0.1) is 0 Å². The van der Waals surface area contributed by atoms with Crippen molar-refractivity contribution >= 4 is 17.8 Å². The first-order chi connectivity index (χ1) is 6.93. The van der Waals surface area contributed by atoms with Gasteiger partial charge in [0.25, 0.3) is 0 Å². The predicted molar refractivity (Wildman–Crippen MR) is 53.2 cm³/mol. The minimum Gasteiger partial charge on any atom is -0.481 e. The third-order valence-electron chi connectivity index (χ3n) is 1.80. The summed E-state index contributed by atoms with van der Waals surface area (Å²) in [7, 11) is 0. The Morgan fingerprint density at radius 1 is 1.20 bits per heavy atom. The van der Waals surface area contributed by atoms with E-state index in [0.717, 1.165) is 0 Å². The highest BCUT2D eigenvalue weighted by Gasteiger charge is 2.09. The molecule has 15 heavy (non-hydrogen) atoms. The van der Waals surface area contributed by atoms with Gasteiger partial charge in [-0.2, -0.15) is 0 Å². The minimum absolute atomic E-state index is 0.0837. The normalized spacial score (nSPS) is 9.47. The lowest BCUT2D eigenvalue weighted by Crippen LogP contribution is -2.38. The summed E-state index contributed by atoms with van der Waals surface area (Å²) in [5, 5.41) is 11.0. The van der Waals surface area contributed by atoms with E-state index < -0.39 is 5.97 Å². The maximum atomic E-state index is 11.1. The predicted octanol–water partition coefficient (Wildman–Crippen LogP) is -0.554. The van der Waals surface area contributed by atoms with E-state index in [0.29, 0.717) is 13.1 Å². The van der Waals surface area contributed by atoms with Crippen LogP contribution in [-0.2, 0) is 14.4 Å². The Kier molecular flexibility index (Phi) is 6.08. The Hall–Kier alpha value is -1.59. The average Bonchev–Trinajstić information content (AvgIpc) is 2.09. The lowest BCUT2D eigenvalue weighted by Gasteiger charge is -2.19. The van der Waals surface area contributed by atoms with Crippen LogP contribution in [0, 0.1) is 0 Å². The quantitative estimate of drug-likeness (QED) is 0.623. The highest BCUT2D eigenvalue weighted by Crippen LogP contribution is 1.92. The van der Waals surface area contributed by atoms with Crippen LogP contribution in [0.4, 0.5) is 0 Å². The van der Waals surface area contributed by atoms with E-state index in [2.05, 4.69) is 5.32 Å². The van der Waals surface area contributed by atoms with Crippen LogP contribution in [-0.4, -0.2) is 47.4 Å². The molecule has 0 aliphatic rings. The number of carboxylic acid groups (broad SMARTS) is 1. The molecule has 6 heteroatoms. The first-order valence-corrected chi connectivity index (χ1v) is 4.65. The van der Waals surface area contributed by atoms with E-state index in [9.17, 15) is 14.4 Å². The van der Waals surface area contributed by atoms with Gasteiger partial charge in [-0.05, 0) is 0 Å². The second-order valence-corrected chi connectivity index (χ2v) is 3.13. The van der Waals surface area contributed by atoms with Crippen molar-refractivity contribution in [2.45, 2.75) is 20.3 Å². The summed E-state index contributed by atoms with van der Waals surface area (Å²) in [5.41, 5.74) is 0. The van der Waals surface area contributed by atoms with E-state index in [-0.39, 0.29) is 24.8 Å². The molecule has 0 saturated heterocycles. The number of hydrogen-bond acceptors (Lipinski definition) is 3. The van der Waals surface area contributed by atoms with Crippen LogP contribution in [0.1, 0.15) is 20.3 Å². The molecule has 0 heterocycles. The zero-order chi connectivity index (χ0) is 11.8. The molecule has 0 aromatic heterocycles.